The lowest BCUT2D eigenvalue weighted by molar-refractivity contribution is -0.0512. The summed E-state index contributed by atoms with van der Waals surface area (Å²) in [6.45, 7) is 0.0799. The van der Waals surface area contributed by atoms with Crippen LogP contribution in [0.3, 0.4) is 0 Å². The smallest absolute Gasteiger partial charge is 0.387 e. The van der Waals surface area contributed by atoms with Crippen molar-refractivity contribution in [2.75, 3.05) is 14.2 Å². The molecule has 2 aromatic carbocycles. The maximum Gasteiger partial charge on any atom is 0.387 e. The Morgan fingerprint density at radius 2 is 1.96 bits per heavy atom. The van der Waals surface area contributed by atoms with Crippen LogP contribution in [-0.4, -0.2) is 41.1 Å². The van der Waals surface area contributed by atoms with Gasteiger partial charge in [-0.3, -0.25) is 4.79 Å². The van der Waals surface area contributed by atoms with Gasteiger partial charge in [0.25, 0.3) is 5.91 Å². The Bertz CT molecular complexity index is 988. The van der Waals surface area contributed by atoms with E-state index in [2.05, 4.69) is 14.3 Å². The summed E-state index contributed by atoms with van der Waals surface area (Å²) in [5.74, 6) is 0.436. The third-order valence-corrected chi connectivity index (χ3v) is 4.40. The minimum absolute atomic E-state index is 0.0698. The van der Waals surface area contributed by atoms with Gasteiger partial charge in [-0.1, -0.05) is 12.1 Å². The van der Waals surface area contributed by atoms with Gasteiger partial charge in [0.05, 0.1) is 24.7 Å². The van der Waals surface area contributed by atoms with Gasteiger partial charge in [0.2, 0.25) is 0 Å². The first-order valence-corrected chi connectivity index (χ1v) is 8.77. The summed E-state index contributed by atoms with van der Waals surface area (Å²) in [6, 6.07) is 11.9. The number of nitrogens with zero attached hydrogens (tertiary/aromatic N) is 3. The number of aromatic nitrogens is 2. The standard InChI is InChI=1S/C20H21F2N3O3/c1-4-25-15-8-6-5-7-14(15)23-18(25)12-24(2)19(26)13-9-10-16(28-20(21)22)17(11-13)27-3/h5-11,20H,4,12H2,1-3H3. The predicted molar refractivity (Wildman–Crippen MR) is 101 cm³/mol. The lowest BCUT2D eigenvalue weighted by atomic mass is 10.1. The van der Waals surface area contributed by atoms with Crippen LogP contribution in [0.2, 0.25) is 0 Å². The van der Waals surface area contributed by atoms with Gasteiger partial charge in [-0.25, -0.2) is 4.98 Å². The van der Waals surface area contributed by atoms with Crippen LogP contribution in [0.4, 0.5) is 8.78 Å². The molecule has 3 rings (SSSR count). The van der Waals surface area contributed by atoms with Crippen LogP contribution in [0, 0.1) is 0 Å². The van der Waals surface area contributed by atoms with Crippen molar-refractivity contribution in [3.8, 4) is 11.5 Å². The van der Waals surface area contributed by atoms with Crippen LogP contribution in [0.25, 0.3) is 11.0 Å². The maximum absolute atomic E-state index is 12.8. The van der Waals surface area contributed by atoms with Crippen molar-refractivity contribution < 1.29 is 23.0 Å². The van der Waals surface area contributed by atoms with Crippen molar-refractivity contribution in [1.82, 2.24) is 14.5 Å². The van der Waals surface area contributed by atoms with E-state index in [1.165, 1.54) is 30.2 Å². The molecule has 148 valence electrons. The number of carbonyl (C=O) groups is 1. The first kappa shape index (κ1) is 19.6. The molecule has 0 saturated heterocycles. The van der Waals surface area contributed by atoms with Crippen LogP contribution < -0.4 is 9.47 Å². The summed E-state index contributed by atoms with van der Waals surface area (Å²) in [5, 5.41) is 0. The van der Waals surface area contributed by atoms with E-state index < -0.39 is 6.61 Å². The number of rotatable bonds is 7. The fourth-order valence-electron chi connectivity index (χ4n) is 3.10. The maximum atomic E-state index is 12.8. The van der Waals surface area contributed by atoms with Gasteiger partial charge in [-0.2, -0.15) is 8.78 Å². The molecule has 8 heteroatoms. The summed E-state index contributed by atoms with van der Waals surface area (Å²) in [5.41, 5.74) is 2.19. The number of imidazole rings is 1. The van der Waals surface area contributed by atoms with Crippen LogP contribution in [0.5, 0.6) is 11.5 Å². The fourth-order valence-corrected chi connectivity index (χ4v) is 3.10. The van der Waals surface area contributed by atoms with Crippen molar-refractivity contribution in [2.45, 2.75) is 26.6 Å². The minimum Gasteiger partial charge on any atom is -0.493 e. The highest BCUT2D eigenvalue weighted by atomic mass is 19.3. The Morgan fingerprint density at radius 1 is 1.21 bits per heavy atom. The summed E-state index contributed by atoms with van der Waals surface area (Å²) in [6.07, 6.45) is 0. The van der Waals surface area contributed by atoms with Crippen LogP contribution in [0.1, 0.15) is 23.1 Å². The first-order valence-electron chi connectivity index (χ1n) is 8.77. The van der Waals surface area contributed by atoms with Gasteiger partial charge in [0.15, 0.2) is 11.5 Å². The molecule has 0 unspecified atom stereocenters. The molecule has 6 nitrogen and oxygen atoms in total. The second-order valence-corrected chi connectivity index (χ2v) is 6.17. The number of amides is 1. The zero-order valence-corrected chi connectivity index (χ0v) is 15.9. The van der Waals surface area contributed by atoms with Crippen molar-refractivity contribution in [3.63, 3.8) is 0 Å². The highest BCUT2D eigenvalue weighted by Gasteiger charge is 2.19. The van der Waals surface area contributed by atoms with Crippen molar-refractivity contribution in [3.05, 3.63) is 53.9 Å². The first-order chi connectivity index (χ1) is 13.4. The van der Waals surface area contributed by atoms with Crippen LogP contribution in [0.15, 0.2) is 42.5 Å². The highest BCUT2D eigenvalue weighted by Crippen LogP contribution is 2.30. The van der Waals surface area contributed by atoms with E-state index in [9.17, 15) is 13.6 Å². The zero-order valence-electron chi connectivity index (χ0n) is 15.9. The molecule has 0 spiro atoms. The van der Waals surface area contributed by atoms with Gasteiger partial charge in [-0.05, 0) is 37.3 Å². The highest BCUT2D eigenvalue weighted by molar-refractivity contribution is 5.94. The van der Waals surface area contributed by atoms with E-state index in [0.717, 1.165) is 23.4 Å². The summed E-state index contributed by atoms with van der Waals surface area (Å²) >= 11 is 0. The van der Waals surface area contributed by atoms with Crippen molar-refractivity contribution >= 4 is 16.9 Å². The van der Waals surface area contributed by atoms with Crippen LogP contribution in [-0.2, 0) is 13.1 Å². The second kappa shape index (κ2) is 8.24. The summed E-state index contributed by atoms with van der Waals surface area (Å²) in [7, 11) is 2.99. The number of para-hydroxylation sites is 2. The molecular formula is C20H21F2N3O3. The lowest BCUT2D eigenvalue weighted by Crippen LogP contribution is -2.27. The molecular weight excluding hydrogens is 368 g/mol. The fraction of sp³-hybridized carbons (Fsp3) is 0.300. The predicted octanol–water partition coefficient (Wildman–Crippen LogP) is 3.94. The van der Waals surface area contributed by atoms with E-state index in [1.54, 1.807) is 7.05 Å². The molecule has 0 saturated carbocycles. The second-order valence-electron chi connectivity index (χ2n) is 6.17. The molecule has 3 aromatic rings. The minimum atomic E-state index is -2.97. The number of ether oxygens (including phenoxy) is 2. The molecule has 0 atom stereocenters. The van der Waals surface area contributed by atoms with E-state index in [0.29, 0.717) is 12.1 Å². The van der Waals surface area contributed by atoms with Gasteiger partial charge < -0.3 is 18.9 Å². The topological polar surface area (TPSA) is 56.6 Å². The van der Waals surface area contributed by atoms with E-state index in [4.69, 9.17) is 4.74 Å². The molecule has 1 aromatic heterocycles. The number of carbonyl (C=O) groups excluding carboxylic acids is 1. The SMILES string of the molecule is CCn1c(CN(C)C(=O)c2ccc(OC(F)F)c(OC)c2)nc2ccccc21. The average molecular weight is 389 g/mol. The lowest BCUT2D eigenvalue weighted by Gasteiger charge is -2.18. The number of benzene rings is 2. The molecule has 0 fully saturated rings. The monoisotopic (exact) mass is 389 g/mol. The Balaban J connectivity index is 1.83. The van der Waals surface area contributed by atoms with Crippen molar-refractivity contribution in [2.24, 2.45) is 0 Å². The molecule has 1 heterocycles. The Hall–Kier alpha value is -3.16. The zero-order chi connectivity index (χ0) is 20.3. The number of halogens is 2. The largest absolute Gasteiger partial charge is 0.493 e. The molecule has 28 heavy (non-hydrogen) atoms. The molecule has 0 aliphatic carbocycles. The van der Waals surface area contributed by atoms with E-state index in [-0.39, 0.29) is 17.4 Å². The van der Waals surface area contributed by atoms with Crippen molar-refractivity contribution in [1.29, 1.82) is 0 Å². The van der Waals surface area contributed by atoms with E-state index in [1.807, 2.05) is 31.2 Å². The number of methoxy groups -OCH3 is 1. The number of hydrogen-bond donors (Lipinski definition) is 0. The molecule has 0 aliphatic heterocycles. The Morgan fingerprint density at radius 3 is 2.64 bits per heavy atom. The number of alkyl halides is 2. The number of aryl methyl sites for hydroxylation is 1. The van der Waals surface area contributed by atoms with Gasteiger partial charge in [0.1, 0.15) is 5.82 Å². The molecule has 0 bridgehead atoms. The summed E-state index contributed by atoms with van der Waals surface area (Å²) in [4.78, 5) is 19.0. The summed E-state index contributed by atoms with van der Waals surface area (Å²) < 4.78 is 36.4. The quantitative estimate of drug-likeness (QED) is 0.614. The Labute approximate surface area is 161 Å². The van der Waals surface area contributed by atoms with Gasteiger partial charge >= 0.3 is 6.61 Å². The third kappa shape index (κ3) is 3.90. The molecule has 1 amide bonds. The number of hydrogen-bond acceptors (Lipinski definition) is 4. The number of fused-ring (bicyclic) bond motifs is 1. The van der Waals surface area contributed by atoms with E-state index >= 15 is 0 Å². The van der Waals surface area contributed by atoms with Gasteiger partial charge in [0, 0.05) is 19.2 Å². The van der Waals surface area contributed by atoms with Gasteiger partial charge in [-0.15, -0.1) is 0 Å². The normalized spacial score (nSPS) is 11.1. The average Bonchev–Trinajstić information content (AvgIpc) is 3.04. The molecule has 0 aliphatic rings. The Kier molecular flexibility index (Phi) is 5.77. The molecule has 0 radical (unpaired) electrons. The third-order valence-electron chi connectivity index (χ3n) is 4.40. The van der Waals surface area contributed by atoms with Crippen LogP contribution >= 0.6 is 0 Å². The molecule has 0 N–H and O–H groups in total.